The first-order chi connectivity index (χ1) is 17.2. The third-order valence-electron chi connectivity index (χ3n) is 7.44. The van der Waals surface area contributed by atoms with Crippen LogP contribution < -0.4 is 21.2 Å². The Kier molecular flexibility index (Phi) is 7.11. The van der Waals surface area contributed by atoms with Crippen LogP contribution in [0.4, 0.5) is 5.69 Å². The maximum atomic E-state index is 10.2. The summed E-state index contributed by atoms with van der Waals surface area (Å²) in [6, 6.07) is 11.8. The molecule has 0 radical (unpaired) electrons. The fourth-order valence-corrected chi connectivity index (χ4v) is 5.27. The summed E-state index contributed by atoms with van der Waals surface area (Å²) in [6.07, 6.45) is 17.1. The predicted molar refractivity (Wildman–Crippen MR) is 143 cm³/mol. The van der Waals surface area contributed by atoms with Crippen molar-refractivity contribution in [1.29, 1.82) is 5.26 Å². The van der Waals surface area contributed by atoms with E-state index in [0.717, 1.165) is 59.0 Å². The molecule has 5 nitrogen and oxygen atoms in total. The third kappa shape index (κ3) is 5.23. The van der Waals surface area contributed by atoms with Crippen molar-refractivity contribution in [1.82, 2.24) is 9.88 Å². The zero-order valence-electron chi connectivity index (χ0n) is 20.6. The van der Waals surface area contributed by atoms with E-state index in [0.29, 0.717) is 30.4 Å². The Morgan fingerprint density at radius 1 is 1.09 bits per heavy atom. The number of nitriles is 1. The van der Waals surface area contributed by atoms with Crippen LogP contribution in [0.15, 0.2) is 49.3 Å². The van der Waals surface area contributed by atoms with Crippen LogP contribution in [0.1, 0.15) is 69.4 Å². The molecule has 0 saturated heterocycles. The van der Waals surface area contributed by atoms with E-state index in [1.165, 1.54) is 32.1 Å². The molecule has 35 heavy (non-hydrogen) atoms. The highest BCUT2D eigenvalue weighted by molar-refractivity contribution is 5.72. The number of anilines is 1. The van der Waals surface area contributed by atoms with Crippen LogP contribution in [-0.4, -0.2) is 23.3 Å². The van der Waals surface area contributed by atoms with Gasteiger partial charge in [-0.25, -0.2) is 0 Å². The SMILES string of the molecule is C=C/C=c1/c(C#N)c(-c2ccc(NC(=C)NC3CCC3)cc2)n(C2CC2)/c1=C/COC1CCCC1. The van der Waals surface area contributed by atoms with E-state index in [-0.39, 0.29) is 0 Å². The molecule has 3 aliphatic rings. The van der Waals surface area contributed by atoms with E-state index in [9.17, 15) is 5.26 Å². The van der Waals surface area contributed by atoms with Crippen molar-refractivity contribution >= 4 is 17.8 Å². The topological polar surface area (TPSA) is 62.0 Å². The number of rotatable bonds is 10. The average Bonchev–Trinajstić information content (AvgIpc) is 3.45. The highest BCUT2D eigenvalue weighted by Gasteiger charge is 2.29. The van der Waals surface area contributed by atoms with Gasteiger partial charge in [-0.2, -0.15) is 5.26 Å². The van der Waals surface area contributed by atoms with Crippen LogP contribution in [0.3, 0.4) is 0 Å². The number of hydrogen-bond donors (Lipinski definition) is 2. The highest BCUT2D eigenvalue weighted by atomic mass is 16.5. The van der Waals surface area contributed by atoms with Gasteiger partial charge in [0.05, 0.1) is 29.8 Å². The number of benzene rings is 1. The van der Waals surface area contributed by atoms with Gasteiger partial charge in [0.2, 0.25) is 0 Å². The minimum absolute atomic E-state index is 0.367. The zero-order valence-corrected chi connectivity index (χ0v) is 20.6. The monoisotopic (exact) mass is 468 g/mol. The number of nitrogens with one attached hydrogen (secondary N) is 2. The first-order valence-corrected chi connectivity index (χ1v) is 13.1. The lowest BCUT2D eigenvalue weighted by molar-refractivity contribution is 0.0858. The second-order valence-corrected chi connectivity index (χ2v) is 10.0. The third-order valence-corrected chi connectivity index (χ3v) is 7.44. The summed E-state index contributed by atoms with van der Waals surface area (Å²) in [4.78, 5) is 0. The minimum Gasteiger partial charge on any atom is -0.374 e. The molecule has 3 saturated carbocycles. The molecule has 3 aliphatic carbocycles. The Bertz CT molecular complexity index is 1230. The molecule has 5 rings (SSSR count). The van der Waals surface area contributed by atoms with E-state index < -0.39 is 0 Å². The molecule has 2 N–H and O–H groups in total. The van der Waals surface area contributed by atoms with Crippen molar-refractivity contribution in [3.8, 4) is 17.3 Å². The molecule has 0 amide bonds. The van der Waals surface area contributed by atoms with Gasteiger partial charge in [-0.15, -0.1) is 0 Å². The molecule has 5 heteroatoms. The van der Waals surface area contributed by atoms with Gasteiger partial charge in [0.25, 0.3) is 0 Å². The van der Waals surface area contributed by atoms with Crippen LogP contribution in [-0.2, 0) is 4.74 Å². The van der Waals surface area contributed by atoms with Gasteiger partial charge in [0, 0.05) is 28.3 Å². The smallest absolute Gasteiger partial charge is 0.102 e. The van der Waals surface area contributed by atoms with E-state index in [2.05, 4.69) is 64.8 Å². The van der Waals surface area contributed by atoms with Gasteiger partial charge in [-0.05, 0) is 68.7 Å². The van der Waals surface area contributed by atoms with Gasteiger partial charge in [-0.1, -0.05) is 50.3 Å². The van der Waals surface area contributed by atoms with Gasteiger partial charge < -0.3 is 19.9 Å². The average molecular weight is 469 g/mol. The van der Waals surface area contributed by atoms with Crippen molar-refractivity contribution < 1.29 is 4.74 Å². The molecular weight excluding hydrogens is 432 g/mol. The first kappa shape index (κ1) is 23.5. The van der Waals surface area contributed by atoms with E-state index in [1.54, 1.807) is 6.08 Å². The van der Waals surface area contributed by atoms with Crippen LogP contribution in [0, 0.1) is 11.3 Å². The fraction of sp³-hybridized carbons (Fsp3) is 0.433. The number of ether oxygens (including phenoxy) is 1. The summed E-state index contributed by atoms with van der Waals surface area (Å²) in [5.41, 5.74) is 3.74. The molecule has 0 aliphatic heterocycles. The van der Waals surface area contributed by atoms with Crippen LogP contribution in [0.25, 0.3) is 23.4 Å². The Balaban J connectivity index is 1.47. The molecule has 0 spiro atoms. The fourth-order valence-electron chi connectivity index (χ4n) is 5.27. The second-order valence-electron chi connectivity index (χ2n) is 10.0. The molecule has 0 atom stereocenters. The standard InChI is InChI=1S/C30H36N4O/c1-3-7-27-28(20-31)30(22-12-14-24(15-13-22)33-21(2)32-23-8-6-9-23)34(25-16-17-25)29(27)18-19-35-26-10-4-5-11-26/h3,7,12-15,18,23,25-26,32-33H,1-2,4-6,8-11,16-17,19H2/b27-7-,29-18+. The van der Waals surface area contributed by atoms with Crippen molar-refractivity contribution in [2.45, 2.75) is 76.0 Å². The van der Waals surface area contributed by atoms with Crippen molar-refractivity contribution in [2.24, 2.45) is 0 Å². The quantitative estimate of drug-likeness (QED) is 0.510. The van der Waals surface area contributed by atoms with Gasteiger partial charge in [-0.3, -0.25) is 0 Å². The molecule has 1 aromatic heterocycles. The molecule has 182 valence electrons. The second kappa shape index (κ2) is 10.6. The number of nitrogens with zero attached hydrogens (tertiary/aromatic N) is 2. The van der Waals surface area contributed by atoms with Crippen LogP contribution in [0.2, 0.25) is 0 Å². The molecule has 0 bridgehead atoms. The lowest BCUT2D eigenvalue weighted by Crippen LogP contribution is -2.36. The Morgan fingerprint density at radius 2 is 1.83 bits per heavy atom. The van der Waals surface area contributed by atoms with Gasteiger partial charge in [0.1, 0.15) is 6.07 Å². The molecule has 3 fully saturated rings. The largest absolute Gasteiger partial charge is 0.374 e. The summed E-state index contributed by atoms with van der Waals surface area (Å²) in [5, 5.41) is 19.1. The maximum absolute atomic E-state index is 10.2. The van der Waals surface area contributed by atoms with E-state index >= 15 is 0 Å². The van der Waals surface area contributed by atoms with Crippen molar-refractivity contribution in [3.63, 3.8) is 0 Å². The number of allylic oxidation sites excluding steroid dienone is 1. The highest BCUT2D eigenvalue weighted by Crippen LogP contribution is 2.38. The number of aromatic nitrogens is 1. The first-order valence-electron chi connectivity index (χ1n) is 13.1. The predicted octanol–water partition coefficient (Wildman–Crippen LogP) is 5.09. The Morgan fingerprint density at radius 3 is 2.43 bits per heavy atom. The Labute approximate surface area is 208 Å². The molecule has 1 aromatic carbocycles. The molecular formula is C30H36N4O. The minimum atomic E-state index is 0.367. The molecule has 0 unspecified atom stereocenters. The summed E-state index contributed by atoms with van der Waals surface area (Å²) in [5.74, 6) is 0.837. The van der Waals surface area contributed by atoms with E-state index in [4.69, 9.17) is 4.74 Å². The summed E-state index contributed by atoms with van der Waals surface area (Å²) < 4.78 is 8.53. The molecule has 2 aromatic rings. The maximum Gasteiger partial charge on any atom is 0.102 e. The lowest BCUT2D eigenvalue weighted by Gasteiger charge is -2.28. The van der Waals surface area contributed by atoms with Gasteiger partial charge >= 0.3 is 0 Å². The lowest BCUT2D eigenvalue weighted by atomic mass is 9.93. The summed E-state index contributed by atoms with van der Waals surface area (Å²) in [7, 11) is 0. The van der Waals surface area contributed by atoms with Crippen LogP contribution in [0.5, 0.6) is 0 Å². The summed E-state index contributed by atoms with van der Waals surface area (Å²) >= 11 is 0. The van der Waals surface area contributed by atoms with E-state index in [1.807, 2.05) is 6.08 Å². The zero-order chi connectivity index (χ0) is 24.2. The normalized spacial score (nSPS) is 19.4. The van der Waals surface area contributed by atoms with Crippen molar-refractivity contribution in [2.75, 3.05) is 11.9 Å². The molecule has 1 heterocycles. The van der Waals surface area contributed by atoms with Crippen LogP contribution >= 0.6 is 0 Å². The van der Waals surface area contributed by atoms with Crippen molar-refractivity contribution in [3.05, 3.63) is 65.5 Å². The number of hydrogen-bond acceptors (Lipinski definition) is 4. The Hall–Kier alpha value is -3.23. The van der Waals surface area contributed by atoms with Gasteiger partial charge in [0.15, 0.2) is 0 Å². The summed E-state index contributed by atoms with van der Waals surface area (Å²) in [6.45, 7) is 8.61.